The minimum absolute atomic E-state index is 0.113. The highest BCUT2D eigenvalue weighted by atomic mass is 35.5. The predicted molar refractivity (Wildman–Crippen MR) is 114 cm³/mol. The normalized spacial score (nSPS) is 18.4. The van der Waals surface area contributed by atoms with E-state index in [2.05, 4.69) is 20.0 Å². The number of esters is 1. The molecule has 2 aromatic heterocycles. The van der Waals surface area contributed by atoms with E-state index in [4.69, 9.17) is 26.6 Å². The lowest BCUT2D eigenvalue weighted by Crippen LogP contribution is -2.49. The minimum atomic E-state index is -0.524. The Morgan fingerprint density at radius 3 is 2.90 bits per heavy atom. The van der Waals surface area contributed by atoms with Crippen LogP contribution < -0.4 is 4.74 Å². The lowest BCUT2D eigenvalue weighted by Gasteiger charge is -2.38. The third kappa shape index (κ3) is 5.53. The molecule has 0 saturated carbocycles. The van der Waals surface area contributed by atoms with Crippen LogP contribution in [0.5, 0.6) is 5.88 Å². The van der Waals surface area contributed by atoms with Crippen LogP contribution in [0.15, 0.2) is 23.4 Å². The molecular weight excluding hydrogens is 424 g/mol. The quantitative estimate of drug-likeness (QED) is 0.277. The molecular formula is C20H23ClN6O4. The van der Waals surface area contributed by atoms with Gasteiger partial charge in [0.2, 0.25) is 5.88 Å². The third-order valence-corrected chi connectivity index (χ3v) is 5.62. The van der Waals surface area contributed by atoms with Gasteiger partial charge in [0.15, 0.2) is 6.61 Å². The first-order chi connectivity index (χ1) is 14.9. The number of methoxy groups -OCH3 is 1. The summed E-state index contributed by atoms with van der Waals surface area (Å²) in [7, 11) is 1.54. The van der Waals surface area contributed by atoms with Gasteiger partial charge in [-0.2, -0.15) is 0 Å². The van der Waals surface area contributed by atoms with Crippen molar-refractivity contribution in [2.24, 2.45) is 5.11 Å². The van der Waals surface area contributed by atoms with E-state index in [0.29, 0.717) is 47.6 Å². The van der Waals surface area contributed by atoms with Crippen molar-refractivity contribution < 1.29 is 19.1 Å². The molecule has 1 fully saturated rings. The smallest absolute Gasteiger partial charge is 0.303 e. The lowest BCUT2D eigenvalue weighted by molar-refractivity contribution is -0.152. The number of halogens is 1. The Labute approximate surface area is 184 Å². The number of aromatic nitrogens is 2. The molecule has 3 rings (SSSR count). The zero-order valence-corrected chi connectivity index (χ0v) is 18.1. The first-order valence-corrected chi connectivity index (χ1v) is 10.3. The summed E-state index contributed by atoms with van der Waals surface area (Å²) in [4.78, 5) is 37.1. The van der Waals surface area contributed by atoms with Gasteiger partial charge in [0.1, 0.15) is 0 Å². The van der Waals surface area contributed by atoms with Gasteiger partial charge >= 0.3 is 5.97 Å². The lowest BCUT2D eigenvalue weighted by atomic mass is 9.93. The van der Waals surface area contributed by atoms with Gasteiger partial charge in [0.25, 0.3) is 5.91 Å². The van der Waals surface area contributed by atoms with Crippen molar-refractivity contribution >= 4 is 34.5 Å². The van der Waals surface area contributed by atoms with Crippen LogP contribution in [0.1, 0.15) is 31.7 Å². The molecule has 10 nitrogen and oxygen atoms in total. The van der Waals surface area contributed by atoms with Gasteiger partial charge in [0, 0.05) is 42.2 Å². The number of hydrogen-bond donors (Lipinski definition) is 0. The van der Waals surface area contributed by atoms with Crippen LogP contribution in [0, 0.1) is 0 Å². The fourth-order valence-electron chi connectivity index (χ4n) is 3.77. The van der Waals surface area contributed by atoms with Crippen LogP contribution >= 0.6 is 11.6 Å². The first kappa shape index (κ1) is 22.6. The molecule has 1 aliphatic heterocycles. The molecule has 0 radical (unpaired) electrons. The molecule has 1 aliphatic rings. The highest BCUT2D eigenvalue weighted by molar-refractivity contribution is 6.32. The van der Waals surface area contributed by atoms with E-state index in [9.17, 15) is 9.59 Å². The van der Waals surface area contributed by atoms with Crippen molar-refractivity contribution in [1.82, 2.24) is 14.9 Å². The van der Waals surface area contributed by atoms with E-state index >= 15 is 0 Å². The topological polar surface area (TPSA) is 130 Å². The number of azide groups is 1. The maximum absolute atomic E-state index is 12.7. The average Bonchev–Trinajstić information content (AvgIpc) is 2.77. The molecule has 1 amide bonds. The molecule has 2 aromatic rings. The van der Waals surface area contributed by atoms with Crippen LogP contribution in [0.3, 0.4) is 0 Å². The van der Waals surface area contributed by atoms with Gasteiger partial charge in [-0.1, -0.05) is 16.7 Å². The summed E-state index contributed by atoms with van der Waals surface area (Å²) >= 11 is 6.43. The number of aryl methyl sites for hydroxylation is 1. The maximum atomic E-state index is 12.7. The summed E-state index contributed by atoms with van der Waals surface area (Å²) in [5.74, 6) is -0.377. The highest BCUT2D eigenvalue weighted by Gasteiger charge is 2.31. The van der Waals surface area contributed by atoms with Crippen LogP contribution in [-0.2, 0) is 20.7 Å². The van der Waals surface area contributed by atoms with E-state index in [1.54, 1.807) is 24.3 Å². The molecule has 164 valence electrons. The number of likely N-dealkylation sites (tertiary alicyclic amines) is 1. The molecule has 2 atom stereocenters. The van der Waals surface area contributed by atoms with Crippen molar-refractivity contribution in [1.29, 1.82) is 0 Å². The molecule has 0 N–H and O–H groups in total. The highest BCUT2D eigenvalue weighted by Crippen LogP contribution is 2.29. The van der Waals surface area contributed by atoms with Gasteiger partial charge < -0.3 is 14.4 Å². The Morgan fingerprint density at radius 1 is 1.39 bits per heavy atom. The van der Waals surface area contributed by atoms with Crippen LogP contribution in [0.4, 0.5) is 0 Å². The Bertz CT molecular complexity index is 1030. The summed E-state index contributed by atoms with van der Waals surface area (Å²) in [6, 6.07) is 3.14. The SMILES string of the molecule is COc1ccc2ncc(Cl)c(CC[C@H]3CC[C@H](N=[N+]=[N-])CN3C(=O)COC(C)=O)c2n1. The number of fused-ring (bicyclic) bond motifs is 1. The van der Waals surface area contributed by atoms with Gasteiger partial charge in [-0.3, -0.25) is 14.6 Å². The van der Waals surface area contributed by atoms with Gasteiger partial charge in [-0.15, -0.1) is 0 Å². The number of amides is 1. The molecule has 1 saturated heterocycles. The first-order valence-electron chi connectivity index (χ1n) is 9.88. The summed E-state index contributed by atoms with van der Waals surface area (Å²) < 4.78 is 10.1. The Balaban J connectivity index is 1.81. The molecule has 3 heterocycles. The standard InChI is InChI=1S/C20H23ClN6O4/c1-12(28)31-11-19(29)27-10-13(25-26-22)3-4-14(27)5-6-15-16(21)9-23-17-7-8-18(30-2)24-20(15)17/h7-9,13-14H,3-6,10-11H2,1-2H3/t13-,14+/m0/s1. The molecule has 0 aromatic carbocycles. The summed E-state index contributed by atoms with van der Waals surface area (Å²) in [5.41, 5.74) is 11.0. The van der Waals surface area contributed by atoms with Crippen molar-refractivity contribution in [2.75, 3.05) is 20.3 Å². The number of nitrogens with zero attached hydrogens (tertiary/aromatic N) is 6. The number of carbonyl (C=O) groups excluding carboxylic acids is 2. The minimum Gasteiger partial charge on any atom is -0.481 e. The third-order valence-electron chi connectivity index (χ3n) is 5.29. The Kier molecular flexibility index (Phi) is 7.49. The summed E-state index contributed by atoms with van der Waals surface area (Å²) in [6.45, 7) is 1.19. The molecule has 0 spiro atoms. The van der Waals surface area contributed by atoms with Gasteiger partial charge in [-0.25, -0.2) is 4.98 Å². The van der Waals surface area contributed by atoms with E-state index in [1.165, 1.54) is 6.92 Å². The van der Waals surface area contributed by atoms with E-state index in [0.717, 1.165) is 5.56 Å². The fraction of sp³-hybridized carbons (Fsp3) is 0.500. The van der Waals surface area contributed by atoms with Crippen LogP contribution in [0.25, 0.3) is 21.5 Å². The van der Waals surface area contributed by atoms with Crippen LogP contribution in [0.2, 0.25) is 5.02 Å². The zero-order chi connectivity index (χ0) is 22.4. The number of ether oxygens (including phenoxy) is 2. The second-order valence-corrected chi connectivity index (χ2v) is 7.67. The Morgan fingerprint density at radius 2 is 2.19 bits per heavy atom. The summed E-state index contributed by atoms with van der Waals surface area (Å²) in [5, 5.41) is 4.26. The van der Waals surface area contributed by atoms with E-state index in [1.807, 2.05) is 6.07 Å². The number of piperidine rings is 1. The number of pyridine rings is 2. The zero-order valence-electron chi connectivity index (χ0n) is 17.3. The molecule has 0 bridgehead atoms. The Hall–Kier alpha value is -3.10. The monoisotopic (exact) mass is 446 g/mol. The number of carbonyl (C=O) groups is 2. The second kappa shape index (κ2) is 10.3. The average molecular weight is 447 g/mol. The second-order valence-electron chi connectivity index (χ2n) is 7.26. The van der Waals surface area contributed by atoms with Crippen molar-refractivity contribution in [3.63, 3.8) is 0 Å². The molecule has 0 unspecified atom stereocenters. The van der Waals surface area contributed by atoms with E-state index in [-0.39, 0.29) is 31.1 Å². The number of hydrogen-bond acceptors (Lipinski definition) is 7. The maximum Gasteiger partial charge on any atom is 0.303 e. The largest absolute Gasteiger partial charge is 0.481 e. The predicted octanol–water partition coefficient (Wildman–Crippen LogP) is 3.46. The molecule has 0 aliphatic carbocycles. The van der Waals surface area contributed by atoms with Crippen molar-refractivity contribution in [2.45, 2.75) is 44.7 Å². The van der Waals surface area contributed by atoms with Gasteiger partial charge in [0.05, 0.1) is 29.2 Å². The molecule has 11 heteroatoms. The van der Waals surface area contributed by atoms with Crippen LogP contribution in [-0.4, -0.2) is 59.1 Å². The number of rotatable bonds is 7. The van der Waals surface area contributed by atoms with Crippen molar-refractivity contribution in [3.05, 3.63) is 39.4 Å². The fourth-order valence-corrected chi connectivity index (χ4v) is 4.00. The molecule has 31 heavy (non-hydrogen) atoms. The summed E-state index contributed by atoms with van der Waals surface area (Å²) in [6.07, 6.45) is 4.10. The van der Waals surface area contributed by atoms with E-state index < -0.39 is 5.97 Å². The van der Waals surface area contributed by atoms with Crippen molar-refractivity contribution in [3.8, 4) is 5.88 Å². The van der Waals surface area contributed by atoms with Gasteiger partial charge in [-0.05, 0) is 37.3 Å².